The molecule has 7 nitrogen and oxygen atoms in total. The minimum absolute atomic E-state index is 0.236. The molecule has 4 rings (SSSR count). The first-order valence-electron chi connectivity index (χ1n) is 11.5. The van der Waals surface area contributed by atoms with Crippen molar-refractivity contribution in [2.45, 2.75) is 38.1 Å². The fraction of sp³-hybridized carbons (Fsp3) is 0.360. The normalized spacial score (nSPS) is 16.0. The molecule has 0 N–H and O–H groups in total. The smallest absolute Gasteiger partial charge is 0.309 e. The van der Waals surface area contributed by atoms with Crippen molar-refractivity contribution >= 4 is 33.0 Å². The third-order valence-corrected chi connectivity index (χ3v) is 8.69. The molecule has 1 saturated heterocycles. The molecule has 180 valence electrons. The monoisotopic (exact) mass is 499 g/mol. The van der Waals surface area contributed by atoms with Crippen LogP contribution in [-0.2, 0) is 26.1 Å². The largest absolute Gasteiger partial charge is 0.466 e. The number of aromatic nitrogens is 1. The van der Waals surface area contributed by atoms with Crippen LogP contribution in [0.25, 0.3) is 11.3 Å². The zero-order valence-electron chi connectivity index (χ0n) is 19.4. The van der Waals surface area contributed by atoms with Gasteiger partial charge in [0.2, 0.25) is 10.0 Å². The van der Waals surface area contributed by atoms with Crippen LogP contribution in [-0.4, -0.2) is 43.0 Å². The number of hydrogen-bond acceptors (Lipinski definition) is 6. The minimum atomic E-state index is -3.66. The maximum atomic E-state index is 13.4. The van der Waals surface area contributed by atoms with Gasteiger partial charge in [0.15, 0.2) is 4.80 Å². The van der Waals surface area contributed by atoms with Gasteiger partial charge >= 0.3 is 5.97 Å². The van der Waals surface area contributed by atoms with Crippen LogP contribution in [0.15, 0.2) is 69.9 Å². The molecule has 0 radical (unpaired) electrons. The highest BCUT2D eigenvalue weighted by Crippen LogP contribution is 2.28. The molecule has 0 atom stereocenters. The molecule has 0 amide bonds. The Morgan fingerprint density at radius 1 is 1.09 bits per heavy atom. The molecule has 0 bridgehead atoms. The second kappa shape index (κ2) is 10.7. The molecule has 3 aromatic rings. The van der Waals surface area contributed by atoms with E-state index in [1.54, 1.807) is 25.1 Å². The van der Waals surface area contributed by atoms with E-state index in [-0.39, 0.29) is 16.8 Å². The van der Waals surface area contributed by atoms with Crippen LogP contribution >= 0.6 is 11.3 Å². The maximum Gasteiger partial charge on any atom is 0.309 e. The first-order valence-corrected chi connectivity index (χ1v) is 13.8. The lowest BCUT2D eigenvalue weighted by atomic mass is 9.98. The summed E-state index contributed by atoms with van der Waals surface area (Å²) < 4.78 is 35.4. The summed E-state index contributed by atoms with van der Waals surface area (Å²) in [5.41, 5.74) is 2.64. The third kappa shape index (κ3) is 5.16. The zero-order chi connectivity index (χ0) is 24.1. The van der Waals surface area contributed by atoms with E-state index in [0.29, 0.717) is 39.1 Å². The van der Waals surface area contributed by atoms with Gasteiger partial charge in [-0.2, -0.15) is 4.31 Å². The van der Waals surface area contributed by atoms with Gasteiger partial charge in [-0.25, -0.2) is 13.4 Å². The van der Waals surface area contributed by atoms with Crippen molar-refractivity contribution in [3.05, 3.63) is 64.8 Å². The number of para-hydroxylation sites is 1. The summed E-state index contributed by atoms with van der Waals surface area (Å²) in [6, 6.07) is 16.8. The van der Waals surface area contributed by atoms with E-state index in [9.17, 15) is 13.2 Å². The average molecular weight is 500 g/mol. The molecular weight excluding hydrogens is 470 g/mol. The van der Waals surface area contributed by atoms with E-state index in [2.05, 4.69) is 11.5 Å². The van der Waals surface area contributed by atoms with Gasteiger partial charge in [0, 0.05) is 30.6 Å². The van der Waals surface area contributed by atoms with Gasteiger partial charge in [-0.1, -0.05) is 30.3 Å². The maximum absolute atomic E-state index is 13.4. The van der Waals surface area contributed by atoms with Crippen LogP contribution in [0.5, 0.6) is 0 Å². The number of carbonyl (C=O) groups excluding carboxylic acids is 1. The molecule has 1 fully saturated rings. The van der Waals surface area contributed by atoms with Crippen LogP contribution in [0.1, 0.15) is 26.7 Å². The van der Waals surface area contributed by atoms with E-state index in [1.807, 2.05) is 41.8 Å². The fourth-order valence-corrected chi connectivity index (χ4v) is 6.63. The topological polar surface area (TPSA) is 81.0 Å². The molecule has 1 aromatic heterocycles. The van der Waals surface area contributed by atoms with Crippen molar-refractivity contribution in [2.24, 2.45) is 10.9 Å². The summed E-state index contributed by atoms with van der Waals surface area (Å²) in [5.74, 6) is -0.473. The van der Waals surface area contributed by atoms with Crippen LogP contribution < -0.4 is 4.80 Å². The zero-order valence-corrected chi connectivity index (χ0v) is 21.0. The molecule has 2 aromatic carbocycles. The van der Waals surface area contributed by atoms with Crippen LogP contribution in [0, 0.1) is 5.92 Å². The summed E-state index contributed by atoms with van der Waals surface area (Å²) >= 11 is 1.53. The number of sulfonamides is 1. The summed E-state index contributed by atoms with van der Waals surface area (Å²) in [7, 11) is -3.66. The van der Waals surface area contributed by atoms with Gasteiger partial charge in [0.05, 0.1) is 28.8 Å². The Labute approximate surface area is 204 Å². The predicted octanol–water partition coefficient (Wildman–Crippen LogP) is 4.43. The molecule has 9 heteroatoms. The van der Waals surface area contributed by atoms with Crippen LogP contribution in [0.2, 0.25) is 0 Å². The summed E-state index contributed by atoms with van der Waals surface area (Å²) in [6.45, 7) is 5.49. The molecule has 34 heavy (non-hydrogen) atoms. The van der Waals surface area contributed by atoms with E-state index in [4.69, 9.17) is 9.73 Å². The third-order valence-electron chi connectivity index (χ3n) is 5.94. The van der Waals surface area contributed by atoms with E-state index in [0.717, 1.165) is 21.7 Å². The van der Waals surface area contributed by atoms with Crippen LogP contribution in [0.4, 0.5) is 5.69 Å². The Kier molecular flexibility index (Phi) is 7.65. The lowest BCUT2D eigenvalue weighted by Crippen LogP contribution is -2.40. The van der Waals surface area contributed by atoms with Gasteiger partial charge in [0.1, 0.15) is 0 Å². The highest BCUT2D eigenvalue weighted by atomic mass is 32.2. The van der Waals surface area contributed by atoms with Gasteiger partial charge in [0.25, 0.3) is 0 Å². The Balaban J connectivity index is 1.59. The number of rotatable bonds is 7. The highest BCUT2D eigenvalue weighted by molar-refractivity contribution is 7.89. The molecule has 0 spiro atoms. The van der Waals surface area contributed by atoms with Crippen molar-refractivity contribution in [3.63, 3.8) is 0 Å². The second-order valence-corrected chi connectivity index (χ2v) is 10.8. The van der Waals surface area contributed by atoms with Gasteiger partial charge < -0.3 is 9.30 Å². The minimum Gasteiger partial charge on any atom is -0.466 e. The standard InChI is InChI=1S/C25H29N3O4S2/c1-3-28-23(18-33-25(28)26-21-10-6-5-7-11-21)20-9-8-12-22(17-20)34(30,31)27-15-13-19(14-16-27)24(29)32-4-2/h5-12,17-19H,3-4,13-16H2,1-2H3. The molecule has 0 unspecified atom stereocenters. The quantitative estimate of drug-likeness (QED) is 0.450. The number of piperidine rings is 1. The van der Waals surface area contributed by atoms with Crippen molar-refractivity contribution in [3.8, 4) is 11.3 Å². The molecule has 1 aliphatic heterocycles. The first kappa shape index (κ1) is 24.4. The Morgan fingerprint density at radius 3 is 2.50 bits per heavy atom. The lowest BCUT2D eigenvalue weighted by molar-refractivity contribution is -0.149. The van der Waals surface area contributed by atoms with Gasteiger partial charge in [-0.3, -0.25) is 4.79 Å². The Morgan fingerprint density at radius 2 is 1.82 bits per heavy atom. The number of esters is 1. The summed E-state index contributed by atoms with van der Waals surface area (Å²) in [4.78, 5) is 17.9. The van der Waals surface area contributed by atoms with Crippen LogP contribution in [0.3, 0.4) is 0 Å². The van der Waals surface area contributed by atoms with E-state index in [1.165, 1.54) is 15.6 Å². The Hall–Kier alpha value is -2.75. The number of carbonyl (C=O) groups is 1. The number of thiazole rings is 1. The Bertz CT molecular complexity index is 1310. The van der Waals surface area contributed by atoms with Crippen molar-refractivity contribution in [1.82, 2.24) is 8.87 Å². The van der Waals surface area contributed by atoms with E-state index >= 15 is 0 Å². The number of ether oxygens (including phenoxy) is 1. The predicted molar refractivity (Wildman–Crippen MR) is 133 cm³/mol. The number of nitrogens with zero attached hydrogens (tertiary/aromatic N) is 3. The highest BCUT2D eigenvalue weighted by Gasteiger charge is 2.32. The van der Waals surface area contributed by atoms with Gasteiger partial charge in [-0.05, 0) is 51.0 Å². The second-order valence-electron chi connectivity index (χ2n) is 8.05. The van der Waals surface area contributed by atoms with Crippen molar-refractivity contribution < 1.29 is 17.9 Å². The fourth-order valence-electron chi connectivity index (χ4n) is 4.12. The molecule has 0 aliphatic carbocycles. The van der Waals surface area contributed by atoms with Crippen molar-refractivity contribution in [1.29, 1.82) is 0 Å². The molecule has 2 heterocycles. The van der Waals surface area contributed by atoms with Gasteiger partial charge in [-0.15, -0.1) is 11.3 Å². The molecule has 1 aliphatic rings. The molecular formula is C25H29N3O4S2. The number of hydrogen-bond donors (Lipinski definition) is 0. The summed E-state index contributed by atoms with van der Waals surface area (Å²) in [6.07, 6.45) is 0.949. The average Bonchev–Trinajstić information content (AvgIpc) is 3.27. The lowest BCUT2D eigenvalue weighted by Gasteiger charge is -2.30. The van der Waals surface area contributed by atoms with E-state index < -0.39 is 10.0 Å². The number of benzene rings is 2. The molecule has 0 saturated carbocycles. The SMILES string of the molecule is CCOC(=O)C1CCN(S(=O)(=O)c2cccc(-c3csc(=Nc4ccccc4)n3CC)c2)CC1. The van der Waals surface area contributed by atoms with Crippen molar-refractivity contribution in [2.75, 3.05) is 19.7 Å². The first-order chi connectivity index (χ1) is 16.4. The summed E-state index contributed by atoms with van der Waals surface area (Å²) in [5, 5.41) is 2.02.